The first-order chi connectivity index (χ1) is 13.2. The first kappa shape index (κ1) is 21.7. The van der Waals surface area contributed by atoms with E-state index in [1.807, 2.05) is 0 Å². The van der Waals surface area contributed by atoms with Crippen molar-refractivity contribution >= 4 is 0 Å². The van der Waals surface area contributed by atoms with Gasteiger partial charge < -0.3 is 5.73 Å². The lowest BCUT2D eigenvalue weighted by Gasteiger charge is -2.38. The van der Waals surface area contributed by atoms with Gasteiger partial charge in [0.25, 0.3) is 0 Å². The van der Waals surface area contributed by atoms with Crippen LogP contribution in [0.15, 0.2) is 0 Å². The largest absolute Gasteiger partial charge is 0.327 e. The second-order valence-electron chi connectivity index (χ2n) is 10.9. The molecule has 0 aromatic heterocycles. The molecule has 0 saturated heterocycles. The van der Waals surface area contributed by atoms with E-state index in [9.17, 15) is 0 Å². The molecule has 0 radical (unpaired) electrons. The Morgan fingerprint density at radius 3 is 1.96 bits per heavy atom. The summed E-state index contributed by atoms with van der Waals surface area (Å²) >= 11 is 0. The quantitative estimate of drug-likeness (QED) is 0.498. The smallest absolute Gasteiger partial charge is 0.00672 e. The maximum atomic E-state index is 6.80. The summed E-state index contributed by atoms with van der Waals surface area (Å²) in [6.07, 6.45) is 25.1. The van der Waals surface area contributed by atoms with E-state index < -0.39 is 0 Å². The normalized spacial score (nSPS) is 43.0. The molecule has 4 bridgehead atoms. The summed E-state index contributed by atoms with van der Waals surface area (Å²) < 4.78 is 0. The van der Waals surface area contributed by atoms with E-state index in [1.54, 1.807) is 0 Å². The van der Waals surface area contributed by atoms with Gasteiger partial charge in [-0.25, -0.2) is 0 Å². The van der Waals surface area contributed by atoms with Gasteiger partial charge in [-0.1, -0.05) is 104 Å². The lowest BCUT2D eigenvalue weighted by Crippen LogP contribution is -2.35. The zero-order valence-corrected chi connectivity index (χ0v) is 18.6. The average molecular weight is 376 g/mol. The zero-order valence-electron chi connectivity index (χ0n) is 18.6. The van der Waals surface area contributed by atoms with Gasteiger partial charge in [-0.3, -0.25) is 0 Å². The summed E-state index contributed by atoms with van der Waals surface area (Å²) in [5.74, 6) is 5.62. The molecule has 0 aromatic carbocycles. The highest BCUT2D eigenvalue weighted by Crippen LogP contribution is 2.43. The average Bonchev–Trinajstić information content (AvgIpc) is 2.66. The summed E-state index contributed by atoms with van der Waals surface area (Å²) in [6.45, 7) is 4.91. The molecular weight excluding hydrogens is 326 g/mol. The first-order valence-corrected chi connectivity index (χ1v) is 12.9. The third-order valence-electron chi connectivity index (χ3n) is 9.07. The fraction of sp³-hybridized carbons (Fsp3) is 1.00. The SMILES string of the molecule is CCC1CCCC2CCCCC3CCCC(C)C(N)CC(CCC3)C1CC2. The van der Waals surface area contributed by atoms with E-state index in [0.29, 0.717) is 6.04 Å². The Morgan fingerprint density at radius 1 is 0.667 bits per heavy atom. The van der Waals surface area contributed by atoms with Crippen LogP contribution in [0.3, 0.4) is 0 Å². The Kier molecular flexibility index (Phi) is 9.01. The Hall–Kier alpha value is -0.0400. The molecule has 0 amide bonds. The number of hydrogen-bond donors (Lipinski definition) is 1. The van der Waals surface area contributed by atoms with Crippen molar-refractivity contribution in [3.63, 3.8) is 0 Å². The van der Waals surface area contributed by atoms with Gasteiger partial charge in [0.15, 0.2) is 0 Å². The Balaban J connectivity index is 1.82. The molecule has 0 heterocycles. The molecule has 27 heavy (non-hydrogen) atoms. The summed E-state index contributed by atoms with van der Waals surface area (Å²) in [4.78, 5) is 0. The van der Waals surface area contributed by atoms with Crippen LogP contribution in [0.4, 0.5) is 0 Å². The number of nitrogens with two attached hydrogens (primary N) is 1. The second kappa shape index (κ2) is 11.2. The topological polar surface area (TPSA) is 26.0 Å². The van der Waals surface area contributed by atoms with Crippen molar-refractivity contribution in [3.8, 4) is 0 Å². The number of fused-ring (bicyclic) bond motifs is 8. The molecule has 7 unspecified atom stereocenters. The van der Waals surface area contributed by atoms with Gasteiger partial charge in [0.1, 0.15) is 0 Å². The van der Waals surface area contributed by atoms with Gasteiger partial charge in [0, 0.05) is 6.04 Å². The maximum absolute atomic E-state index is 6.80. The van der Waals surface area contributed by atoms with Crippen molar-refractivity contribution in [1.29, 1.82) is 0 Å². The van der Waals surface area contributed by atoms with E-state index in [4.69, 9.17) is 5.73 Å². The van der Waals surface area contributed by atoms with E-state index >= 15 is 0 Å². The van der Waals surface area contributed by atoms with Crippen molar-refractivity contribution in [2.45, 2.75) is 129 Å². The van der Waals surface area contributed by atoms with Crippen LogP contribution < -0.4 is 5.73 Å². The molecule has 1 heteroatoms. The standard InChI is InChI=1S/C26H49N/c1-3-23-15-7-14-22-11-5-4-10-21-12-6-9-20(2)26(27)19-24(16-8-13-21)25(23)18-17-22/h20-26H,3-19,27H2,1-2H3. The van der Waals surface area contributed by atoms with Crippen LogP contribution in [0, 0.1) is 35.5 Å². The summed E-state index contributed by atoms with van der Waals surface area (Å²) in [5, 5.41) is 0. The van der Waals surface area contributed by atoms with Crippen molar-refractivity contribution < 1.29 is 0 Å². The van der Waals surface area contributed by atoms with Crippen LogP contribution in [0.25, 0.3) is 0 Å². The fourth-order valence-corrected chi connectivity index (χ4v) is 7.11. The summed E-state index contributed by atoms with van der Waals surface area (Å²) in [5.41, 5.74) is 6.80. The molecule has 0 aromatic rings. The van der Waals surface area contributed by atoms with Gasteiger partial charge in [0.05, 0.1) is 0 Å². The minimum atomic E-state index is 0.443. The van der Waals surface area contributed by atoms with Crippen molar-refractivity contribution in [2.24, 2.45) is 41.2 Å². The number of rotatable bonds is 1. The summed E-state index contributed by atoms with van der Waals surface area (Å²) in [6, 6.07) is 0.443. The lowest BCUT2D eigenvalue weighted by atomic mass is 9.68. The Labute approximate surface area is 170 Å². The van der Waals surface area contributed by atoms with Crippen LogP contribution in [-0.2, 0) is 0 Å². The molecule has 3 fully saturated rings. The van der Waals surface area contributed by atoms with Gasteiger partial charge in [-0.2, -0.15) is 0 Å². The molecule has 7 atom stereocenters. The lowest BCUT2D eigenvalue weighted by molar-refractivity contribution is 0.130. The molecule has 3 saturated carbocycles. The predicted molar refractivity (Wildman–Crippen MR) is 119 cm³/mol. The zero-order chi connectivity index (χ0) is 19.1. The highest BCUT2D eigenvalue weighted by molar-refractivity contribution is 4.85. The van der Waals surface area contributed by atoms with Gasteiger partial charge in [0.2, 0.25) is 0 Å². The van der Waals surface area contributed by atoms with Gasteiger partial charge in [-0.05, 0) is 54.8 Å². The van der Waals surface area contributed by atoms with Gasteiger partial charge >= 0.3 is 0 Å². The predicted octanol–water partition coefficient (Wildman–Crippen LogP) is 7.72. The van der Waals surface area contributed by atoms with E-state index in [-0.39, 0.29) is 0 Å². The van der Waals surface area contributed by atoms with Crippen molar-refractivity contribution in [3.05, 3.63) is 0 Å². The van der Waals surface area contributed by atoms with Crippen LogP contribution in [-0.4, -0.2) is 6.04 Å². The molecule has 2 N–H and O–H groups in total. The molecule has 3 aliphatic carbocycles. The maximum Gasteiger partial charge on any atom is 0.00672 e. The summed E-state index contributed by atoms with van der Waals surface area (Å²) in [7, 11) is 0. The van der Waals surface area contributed by atoms with Gasteiger partial charge in [-0.15, -0.1) is 0 Å². The third kappa shape index (κ3) is 6.48. The molecule has 3 rings (SSSR count). The fourth-order valence-electron chi connectivity index (χ4n) is 7.11. The molecular formula is C26H49N. The third-order valence-corrected chi connectivity index (χ3v) is 9.07. The van der Waals surface area contributed by atoms with Crippen LogP contribution in [0.2, 0.25) is 0 Å². The van der Waals surface area contributed by atoms with E-state index in [2.05, 4.69) is 13.8 Å². The molecule has 0 aliphatic heterocycles. The molecule has 0 spiro atoms. The monoisotopic (exact) mass is 375 g/mol. The highest BCUT2D eigenvalue weighted by atomic mass is 14.6. The van der Waals surface area contributed by atoms with Crippen LogP contribution >= 0.6 is 0 Å². The highest BCUT2D eigenvalue weighted by Gasteiger charge is 2.33. The van der Waals surface area contributed by atoms with Crippen molar-refractivity contribution in [2.75, 3.05) is 0 Å². The molecule has 1 nitrogen and oxygen atoms in total. The Bertz CT molecular complexity index is 405. The first-order valence-electron chi connectivity index (χ1n) is 12.9. The van der Waals surface area contributed by atoms with E-state index in [1.165, 1.54) is 109 Å². The van der Waals surface area contributed by atoms with Crippen LogP contribution in [0.1, 0.15) is 123 Å². The minimum absolute atomic E-state index is 0.443. The Morgan fingerprint density at radius 2 is 1.26 bits per heavy atom. The minimum Gasteiger partial charge on any atom is -0.327 e. The second-order valence-corrected chi connectivity index (χ2v) is 10.9. The molecule has 3 aliphatic rings. The number of hydrogen-bond acceptors (Lipinski definition) is 1. The van der Waals surface area contributed by atoms with Crippen molar-refractivity contribution in [1.82, 2.24) is 0 Å². The van der Waals surface area contributed by atoms with E-state index in [0.717, 1.165) is 35.5 Å². The molecule has 158 valence electrons. The van der Waals surface area contributed by atoms with Crippen LogP contribution in [0.5, 0.6) is 0 Å².